The predicted molar refractivity (Wildman–Crippen MR) is 123 cm³/mol. The van der Waals surface area contributed by atoms with E-state index >= 15 is 0 Å². The van der Waals surface area contributed by atoms with Crippen molar-refractivity contribution in [3.63, 3.8) is 0 Å². The molecule has 0 radical (unpaired) electrons. The van der Waals surface area contributed by atoms with Crippen molar-refractivity contribution >= 4 is 28.4 Å². The van der Waals surface area contributed by atoms with Crippen LogP contribution in [-0.4, -0.2) is 25.4 Å². The minimum atomic E-state index is -0.268. The number of ether oxygens (including phenoxy) is 1. The first kappa shape index (κ1) is 19.5. The number of rotatable bonds is 6. The number of benzene rings is 3. The quantitative estimate of drug-likeness (QED) is 0.610. The van der Waals surface area contributed by atoms with Crippen molar-refractivity contribution < 1.29 is 4.74 Å². The third kappa shape index (κ3) is 3.49. The highest BCUT2D eigenvalue weighted by Crippen LogP contribution is 2.44. The van der Waals surface area contributed by atoms with Crippen molar-refractivity contribution in [1.29, 1.82) is 0 Å². The Kier molecular flexibility index (Phi) is 5.29. The van der Waals surface area contributed by atoms with E-state index in [9.17, 15) is 0 Å². The van der Waals surface area contributed by atoms with Gasteiger partial charge in [-0.05, 0) is 35.1 Å². The van der Waals surface area contributed by atoms with Gasteiger partial charge in [0.1, 0.15) is 17.5 Å². The molecule has 1 aliphatic heterocycles. The molecule has 0 bridgehead atoms. The first-order valence-electron chi connectivity index (χ1n) is 10.3. The highest BCUT2D eigenvalue weighted by atomic mass is 16.5. The molecule has 3 aromatic carbocycles. The molecule has 0 saturated carbocycles. The predicted octanol–water partition coefficient (Wildman–Crippen LogP) is 5.21. The highest BCUT2D eigenvalue weighted by Gasteiger charge is 2.36. The molecule has 1 aliphatic rings. The first-order valence-corrected chi connectivity index (χ1v) is 10.3. The van der Waals surface area contributed by atoms with Crippen LogP contribution in [0.5, 0.6) is 5.75 Å². The summed E-state index contributed by atoms with van der Waals surface area (Å²) in [7, 11) is 0. The zero-order chi connectivity index (χ0) is 20.4. The molecule has 3 N–H and O–H groups in total. The lowest BCUT2D eigenvalue weighted by Crippen LogP contribution is -2.41. The molecule has 1 unspecified atom stereocenters. The molecule has 0 saturated heterocycles. The van der Waals surface area contributed by atoms with E-state index in [0.29, 0.717) is 6.54 Å². The number of nitrogens with one attached hydrogen (secondary N) is 1. The Hall–Kier alpha value is -2.85. The number of fused-ring (bicyclic) bond motifs is 3. The fraction of sp³-hybridized carbons (Fsp3) is 0.320. The molecule has 0 amide bonds. The maximum Gasteiger partial charge on any atom is 0.149 e. The molecule has 3 aromatic rings. The van der Waals surface area contributed by atoms with Gasteiger partial charge in [-0.1, -0.05) is 63.2 Å². The van der Waals surface area contributed by atoms with Gasteiger partial charge in [0.15, 0.2) is 0 Å². The summed E-state index contributed by atoms with van der Waals surface area (Å²) in [6.45, 7) is 7.92. The number of hydrogen-bond acceptors (Lipinski definition) is 4. The molecule has 4 heteroatoms. The minimum absolute atomic E-state index is 0.165. The van der Waals surface area contributed by atoms with Gasteiger partial charge in [0, 0.05) is 35.8 Å². The van der Waals surface area contributed by atoms with Crippen molar-refractivity contribution in [2.45, 2.75) is 38.7 Å². The second kappa shape index (κ2) is 7.88. The maximum absolute atomic E-state index is 6.64. The van der Waals surface area contributed by atoms with Crippen LogP contribution >= 0.6 is 0 Å². The van der Waals surface area contributed by atoms with Gasteiger partial charge in [-0.2, -0.15) is 0 Å². The Morgan fingerprint density at radius 2 is 1.86 bits per heavy atom. The molecule has 1 atom stereocenters. The van der Waals surface area contributed by atoms with Crippen LogP contribution in [-0.2, 0) is 11.8 Å². The van der Waals surface area contributed by atoms with E-state index in [1.54, 1.807) is 0 Å². The van der Waals surface area contributed by atoms with Crippen LogP contribution in [0, 0.1) is 0 Å². The van der Waals surface area contributed by atoms with E-state index in [1.165, 1.54) is 16.5 Å². The second-order valence-corrected chi connectivity index (χ2v) is 8.09. The summed E-state index contributed by atoms with van der Waals surface area (Å²) in [5, 5.41) is 5.79. The molecule has 150 valence electrons. The Morgan fingerprint density at radius 1 is 1.10 bits per heavy atom. The Morgan fingerprint density at radius 3 is 2.66 bits per heavy atom. The normalized spacial score (nSPS) is 15.8. The largest absolute Gasteiger partial charge is 0.481 e. The van der Waals surface area contributed by atoms with Crippen molar-refractivity contribution in [3.8, 4) is 5.75 Å². The summed E-state index contributed by atoms with van der Waals surface area (Å²) in [6, 6.07) is 19.0. The SMILES string of the molecule is CCc1cc2ccccc2c2c1OC(C(C)(C)c1ccccc1NCCN)C=N2. The zero-order valence-corrected chi connectivity index (χ0v) is 17.4. The van der Waals surface area contributed by atoms with Crippen LogP contribution in [0.25, 0.3) is 10.8 Å². The van der Waals surface area contributed by atoms with E-state index < -0.39 is 0 Å². The fourth-order valence-electron chi connectivity index (χ4n) is 4.08. The lowest BCUT2D eigenvalue weighted by Gasteiger charge is -2.36. The molecule has 0 spiro atoms. The van der Waals surface area contributed by atoms with Crippen LogP contribution in [0.1, 0.15) is 31.9 Å². The van der Waals surface area contributed by atoms with Gasteiger partial charge in [-0.15, -0.1) is 0 Å². The summed E-state index contributed by atoms with van der Waals surface area (Å²) < 4.78 is 6.64. The molecule has 1 heterocycles. The molecule has 4 rings (SSSR count). The van der Waals surface area contributed by atoms with E-state index in [1.807, 2.05) is 12.3 Å². The molecule has 0 aliphatic carbocycles. The number of nitrogens with two attached hydrogens (primary N) is 1. The third-order valence-corrected chi connectivity index (χ3v) is 5.81. The second-order valence-electron chi connectivity index (χ2n) is 8.09. The lowest BCUT2D eigenvalue weighted by molar-refractivity contribution is 0.187. The zero-order valence-electron chi connectivity index (χ0n) is 17.4. The summed E-state index contributed by atoms with van der Waals surface area (Å²) >= 11 is 0. The lowest BCUT2D eigenvalue weighted by atomic mass is 9.78. The number of para-hydroxylation sites is 1. The summed E-state index contributed by atoms with van der Waals surface area (Å²) in [5.74, 6) is 0.916. The molecular formula is C25H29N3O. The minimum Gasteiger partial charge on any atom is -0.481 e. The van der Waals surface area contributed by atoms with E-state index in [2.05, 4.69) is 74.6 Å². The van der Waals surface area contributed by atoms with Crippen molar-refractivity contribution in [3.05, 3.63) is 65.7 Å². The Balaban J connectivity index is 1.75. The highest BCUT2D eigenvalue weighted by molar-refractivity contribution is 5.99. The number of anilines is 1. The fourth-order valence-corrected chi connectivity index (χ4v) is 4.08. The van der Waals surface area contributed by atoms with E-state index in [0.717, 1.165) is 35.5 Å². The van der Waals surface area contributed by atoms with Crippen LogP contribution in [0.15, 0.2) is 59.6 Å². The molecule has 0 aromatic heterocycles. The smallest absolute Gasteiger partial charge is 0.149 e. The average Bonchev–Trinajstić information content (AvgIpc) is 2.76. The number of aliphatic imine (C=N–C) groups is 1. The standard InChI is InChI=1S/C25H29N3O/c1-4-17-15-18-9-5-6-10-19(18)23-24(17)29-22(16-28-23)25(2,3)20-11-7-8-12-21(20)27-14-13-26/h5-12,15-16,22,27H,4,13-14,26H2,1-3H3. The summed E-state index contributed by atoms with van der Waals surface area (Å²) in [5.41, 5.74) is 9.88. The van der Waals surface area contributed by atoms with Crippen LogP contribution in [0.2, 0.25) is 0 Å². The third-order valence-electron chi connectivity index (χ3n) is 5.81. The number of nitrogens with zero attached hydrogens (tertiary/aromatic N) is 1. The average molecular weight is 388 g/mol. The van der Waals surface area contributed by atoms with Gasteiger partial charge in [0.05, 0.1) is 0 Å². The number of hydrogen-bond donors (Lipinski definition) is 2. The topological polar surface area (TPSA) is 59.6 Å². The molecule has 29 heavy (non-hydrogen) atoms. The summed E-state index contributed by atoms with van der Waals surface area (Å²) in [4.78, 5) is 4.90. The van der Waals surface area contributed by atoms with E-state index in [4.69, 9.17) is 15.5 Å². The monoisotopic (exact) mass is 387 g/mol. The summed E-state index contributed by atoms with van der Waals surface area (Å²) in [6.07, 6.45) is 2.71. The van der Waals surface area contributed by atoms with Crippen LogP contribution in [0.3, 0.4) is 0 Å². The van der Waals surface area contributed by atoms with Gasteiger partial charge >= 0.3 is 0 Å². The Labute approximate surface area is 172 Å². The Bertz CT molecular complexity index is 1060. The van der Waals surface area contributed by atoms with Crippen molar-refractivity contribution in [2.75, 3.05) is 18.4 Å². The first-order chi connectivity index (χ1) is 14.1. The molecule has 4 nitrogen and oxygen atoms in total. The van der Waals surface area contributed by atoms with Gasteiger partial charge in [-0.25, -0.2) is 0 Å². The number of aryl methyl sites for hydroxylation is 1. The van der Waals surface area contributed by atoms with Gasteiger partial charge in [0.25, 0.3) is 0 Å². The molecule has 0 fully saturated rings. The van der Waals surface area contributed by atoms with Gasteiger partial charge in [-0.3, -0.25) is 4.99 Å². The van der Waals surface area contributed by atoms with Crippen LogP contribution < -0.4 is 15.8 Å². The maximum atomic E-state index is 6.64. The molecular weight excluding hydrogens is 358 g/mol. The van der Waals surface area contributed by atoms with Crippen molar-refractivity contribution in [1.82, 2.24) is 0 Å². The van der Waals surface area contributed by atoms with E-state index in [-0.39, 0.29) is 11.5 Å². The van der Waals surface area contributed by atoms with Crippen LogP contribution in [0.4, 0.5) is 11.4 Å². The van der Waals surface area contributed by atoms with Gasteiger partial charge in [0.2, 0.25) is 0 Å². The van der Waals surface area contributed by atoms with Crippen molar-refractivity contribution in [2.24, 2.45) is 10.7 Å². The van der Waals surface area contributed by atoms with Gasteiger partial charge < -0.3 is 15.8 Å².